The van der Waals surface area contributed by atoms with Gasteiger partial charge in [-0.25, -0.2) is 0 Å². The smallest absolute Gasteiger partial charge is 0.253 e. The molecule has 1 unspecified atom stereocenters. The van der Waals surface area contributed by atoms with Gasteiger partial charge in [-0.2, -0.15) is 0 Å². The van der Waals surface area contributed by atoms with Crippen LogP contribution in [0.5, 0.6) is 0 Å². The first-order valence-electron chi connectivity index (χ1n) is 9.43. The van der Waals surface area contributed by atoms with E-state index in [1.54, 1.807) is 49.1 Å². The number of rotatable bonds is 5. The minimum atomic E-state index is -0.692. The van der Waals surface area contributed by atoms with Crippen molar-refractivity contribution in [2.24, 2.45) is 5.92 Å². The zero-order valence-electron chi connectivity index (χ0n) is 16.3. The molecule has 1 aliphatic heterocycles. The summed E-state index contributed by atoms with van der Waals surface area (Å²) >= 11 is 6.03. The molecule has 0 spiro atoms. The SMILES string of the molecule is Cc1cc(NC(=O)C2CCN(C(=O)C(C)NC(=O)c3ccccc3Cl)CC2)no1. The summed E-state index contributed by atoms with van der Waals surface area (Å²) in [5.41, 5.74) is 0.326. The summed E-state index contributed by atoms with van der Waals surface area (Å²) < 4.78 is 4.94. The number of benzene rings is 1. The van der Waals surface area contributed by atoms with Crippen molar-refractivity contribution in [2.75, 3.05) is 18.4 Å². The minimum absolute atomic E-state index is 0.134. The fraction of sp³-hybridized carbons (Fsp3) is 0.400. The lowest BCUT2D eigenvalue weighted by molar-refractivity contribution is -0.135. The Bertz CT molecular complexity index is 905. The van der Waals surface area contributed by atoms with Crippen molar-refractivity contribution < 1.29 is 18.9 Å². The third-order valence-corrected chi connectivity index (χ3v) is 5.22. The predicted molar refractivity (Wildman–Crippen MR) is 108 cm³/mol. The van der Waals surface area contributed by atoms with E-state index in [0.717, 1.165) is 0 Å². The van der Waals surface area contributed by atoms with Gasteiger partial charge in [0.15, 0.2) is 5.82 Å². The number of nitrogens with one attached hydrogen (secondary N) is 2. The van der Waals surface area contributed by atoms with Crippen LogP contribution in [-0.4, -0.2) is 46.9 Å². The Kier molecular flexibility index (Phi) is 6.53. The maximum absolute atomic E-state index is 12.7. The standard InChI is InChI=1S/C20H23ClN4O4/c1-12-11-17(24-29-12)23-18(26)14-7-9-25(10-8-14)20(28)13(2)22-19(27)15-5-3-4-6-16(15)21/h3-6,11,13-14H,7-10H2,1-2H3,(H,22,27)(H,23,24,26). The molecule has 1 aromatic carbocycles. The van der Waals surface area contributed by atoms with Gasteiger partial charge in [0.25, 0.3) is 5.91 Å². The van der Waals surface area contributed by atoms with Crippen LogP contribution in [0.2, 0.25) is 5.02 Å². The Morgan fingerprint density at radius 3 is 2.55 bits per heavy atom. The number of nitrogens with zero attached hydrogens (tertiary/aromatic N) is 2. The lowest BCUT2D eigenvalue weighted by Crippen LogP contribution is -2.50. The number of anilines is 1. The van der Waals surface area contributed by atoms with Gasteiger partial charge in [-0.15, -0.1) is 0 Å². The van der Waals surface area contributed by atoms with Crippen LogP contribution in [0.4, 0.5) is 5.82 Å². The number of halogens is 1. The van der Waals surface area contributed by atoms with E-state index in [4.69, 9.17) is 16.1 Å². The van der Waals surface area contributed by atoms with Crippen LogP contribution >= 0.6 is 11.6 Å². The Labute approximate surface area is 173 Å². The highest BCUT2D eigenvalue weighted by Crippen LogP contribution is 2.20. The van der Waals surface area contributed by atoms with Crippen LogP contribution in [0.15, 0.2) is 34.9 Å². The summed E-state index contributed by atoms with van der Waals surface area (Å²) in [6.45, 7) is 4.28. The molecular formula is C20H23ClN4O4. The van der Waals surface area contributed by atoms with Crippen LogP contribution < -0.4 is 10.6 Å². The van der Waals surface area contributed by atoms with Gasteiger partial charge in [0, 0.05) is 25.1 Å². The van der Waals surface area contributed by atoms with E-state index in [2.05, 4.69) is 15.8 Å². The Balaban J connectivity index is 1.49. The van der Waals surface area contributed by atoms with E-state index in [-0.39, 0.29) is 17.7 Å². The van der Waals surface area contributed by atoms with Gasteiger partial charge in [0.05, 0.1) is 10.6 Å². The van der Waals surface area contributed by atoms with Crippen LogP contribution in [0.25, 0.3) is 0 Å². The largest absolute Gasteiger partial charge is 0.360 e. The number of hydrogen-bond donors (Lipinski definition) is 2. The average Bonchev–Trinajstić information content (AvgIpc) is 3.12. The van der Waals surface area contributed by atoms with Gasteiger partial charge < -0.3 is 20.1 Å². The van der Waals surface area contributed by atoms with E-state index < -0.39 is 11.9 Å². The molecule has 3 amide bonds. The summed E-state index contributed by atoms with van der Waals surface area (Å²) in [6.07, 6.45) is 1.08. The number of likely N-dealkylation sites (tertiary alicyclic amines) is 1. The molecule has 1 saturated heterocycles. The molecule has 1 atom stereocenters. The fourth-order valence-electron chi connectivity index (χ4n) is 3.27. The van der Waals surface area contributed by atoms with Crippen molar-refractivity contribution in [3.63, 3.8) is 0 Å². The van der Waals surface area contributed by atoms with Gasteiger partial charge in [-0.1, -0.05) is 28.9 Å². The van der Waals surface area contributed by atoms with Crippen molar-refractivity contribution >= 4 is 35.1 Å². The monoisotopic (exact) mass is 418 g/mol. The molecule has 1 aromatic heterocycles. The number of aromatic nitrogens is 1. The van der Waals surface area contributed by atoms with Crippen molar-refractivity contribution in [3.05, 3.63) is 46.7 Å². The van der Waals surface area contributed by atoms with E-state index in [9.17, 15) is 14.4 Å². The van der Waals surface area contributed by atoms with Gasteiger partial charge >= 0.3 is 0 Å². The quantitative estimate of drug-likeness (QED) is 0.776. The summed E-state index contributed by atoms with van der Waals surface area (Å²) in [5, 5.41) is 9.51. The summed E-state index contributed by atoms with van der Waals surface area (Å²) in [4.78, 5) is 39.0. The summed E-state index contributed by atoms with van der Waals surface area (Å²) in [5.74, 6) is 0.0926. The highest BCUT2D eigenvalue weighted by Gasteiger charge is 2.30. The maximum Gasteiger partial charge on any atom is 0.253 e. The van der Waals surface area contributed by atoms with Crippen molar-refractivity contribution in [1.29, 1.82) is 0 Å². The normalized spacial score (nSPS) is 15.6. The van der Waals surface area contributed by atoms with Crippen LogP contribution in [0.1, 0.15) is 35.9 Å². The summed E-state index contributed by atoms with van der Waals surface area (Å²) in [7, 11) is 0. The first-order valence-corrected chi connectivity index (χ1v) is 9.81. The van der Waals surface area contributed by atoms with Crippen molar-refractivity contribution in [1.82, 2.24) is 15.4 Å². The number of carbonyl (C=O) groups excluding carboxylic acids is 3. The van der Waals surface area contributed by atoms with Crippen LogP contribution in [0.3, 0.4) is 0 Å². The maximum atomic E-state index is 12.7. The highest BCUT2D eigenvalue weighted by atomic mass is 35.5. The first-order chi connectivity index (χ1) is 13.8. The number of piperidine rings is 1. The second kappa shape index (κ2) is 9.09. The number of carbonyl (C=O) groups is 3. The molecule has 29 heavy (non-hydrogen) atoms. The van der Waals surface area contributed by atoms with Crippen molar-refractivity contribution in [2.45, 2.75) is 32.7 Å². The molecule has 3 rings (SSSR count). The van der Waals surface area contributed by atoms with Gasteiger partial charge in [-0.3, -0.25) is 14.4 Å². The first kappa shape index (κ1) is 20.9. The highest BCUT2D eigenvalue weighted by molar-refractivity contribution is 6.33. The number of aryl methyl sites for hydroxylation is 1. The molecule has 9 heteroatoms. The molecule has 2 heterocycles. The zero-order chi connectivity index (χ0) is 21.0. The third-order valence-electron chi connectivity index (χ3n) is 4.89. The van der Waals surface area contributed by atoms with Gasteiger partial charge in [0.1, 0.15) is 11.8 Å². The second-order valence-corrected chi connectivity index (χ2v) is 7.49. The van der Waals surface area contributed by atoms with Crippen LogP contribution in [-0.2, 0) is 9.59 Å². The molecule has 154 valence electrons. The number of amides is 3. The lowest BCUT2D eigenvalue weighted by atomic mass is 9.95. The molecule has 8 nitrogen and oxygen atoms in total. The molecule has 2 N–H and O–H groups in total. The number of hydrogen-bond acceptors (Lipinski definition) is 5. The lowest BCUT2D eigenvalue weighted by Gasteiger charge is -2.33. The topological polar surface area (TPSA) is 105 Å². The molecule has 1 fully saturated rings. The molecule has 0 saturated carbocycles. The van der Waals surface area contributed by atoms with E-state index >= 15 is 0 Å². The van der Waals surface area contributed by atoms with E-state index in [0.29, 0.717) is 48.1 Å². The summed E-state index contributed by atoms with van der Waals surface area (Å²) in [6, 6.07) is 7.64. The van der Waals surface area contributed by atoms with Crippen LogP contribution in [0, 0.1) is 12.8 Å². The van der Waals surface area contributed by atoms with E-state index in [1.807, 2.05) is 0 Å². The molecule has 0 radical (unpaired) electrons. The Morgan fingerprint density at radius 1 is 1.24 bits per heavy atom. The molecule has 1 aliphatic rings. The van der Waals surface area contributed by atoms with Crippen molar-refractivity contribution in [3.8, 4) is 0 Å². The molecule has 2 aromatic rings. The van der Waals surface area contributed by atoms with Gasteiger partial charge in [-0.05, 0) is 38.8 Å². The minimum Gasteiger partial charge on any atom is -0.360 e. The predicted octanol–water partition coefficient (Wildman–Crippen LogP) is 2.63. The molecule has 0 bridgehead atoms. The Hall–Kier alpha value is -2.87. The van der Waals surface area contributed by atoms with Gasteiger partial charge in [0.2, 0.25) is 11.8 Å². The molecule has 0 aliphatic carbocycles. The average molecular weight is 419 g/mol. The van der Waals surface area contributed by atoms with E-state index in [1.165, 1.54) is 0 Å². The zero-order valence-corrected chi connectivity index (χ0v) is 17.0. The third kappa shape index (κ3) is 5.14. The fourth-order valence-corrected chi connectivity index (χ4v) is 3.49. The molecular weight excluding hydrogens is 396 g/mol. The second-order valence-electron chi connectivity index (χ2n) is 7.09. The Morgan fingerprint density at radius 2 is 1.93 bits per heavy atom.